The maximum absolute atomic E-state index is 6.37. The molecular formula is C17H18ClNO. The first-order valence-corrected chi connectivity index (χ1v) is 7.28. The Bertz CT molecular complexity index is 639. The molecule has 20 heavy (non-hydrogen) atoms. The van der Waals surface area contributed by atoms with Crippen molar-refractivity contribution in [2.75, 3.05) is 6.61 Å². The van der Waals surface area contributed by atoms with Gasteiger partial charge in [0.2, 0.25) is 0 Å². The number of nitrogens with two attached hydrogens (primary N) is 1. The third kappa shape index (κ3) is 2.54. The fraction of sp³-hybridized carbons (Fsp3) is 0.294. The summed E-state index contributed by atoms with van der Waals surface area (Å²) in [7, 11) is 0. The molecule has 1 unspecified atom stereocenters. The normalized spacial score (nSPS) is 14.8. The molecule has 0 fully saturated rings. The van der Waals surface area contributed by atoms with Gasteiger partial charge in [0.05, 0.1) is 6.61 Å². The fourth-order valence-corrected chi connectivity index (χ4v) is 3.11. The molecule has 0 amide bonds. The highest BCUT2D eigenvalue weighted by Crippen LogP contribution is 2.35. The second-order valence-electron chi connectivity index (χ2n) is 5.32. The summed E-state index contributed by atoms with van der Waals surface area (Å²) in [6.07, 6.45) is 1.68. The van der Waals surface area contributed by atoms with E-state index in [0.29, 0.717) is 0 Å². The van der Waals surface area contributed by atoms with Crippen molar-refractivity contribution in [1.29, 1.82) is 0 Å². The molecular weight excluding hydrogens is 270 g/mol. The van der Waals surface area contributed by atoms with Gasteiger partial charge in [-0.3, -0.25) is 0 Å². The molecule has 104 valence electrons. The Morgan fingerprint density at radius 3 is 2.90 bits per heavy atom. The van der Waals surface area contributed by atoms with Crippen LogP contribution in [-0.2, 0) is 12.8 Å². The third-order valence-corrected chi connectivity index (χ3v) is 4.07. The zero-order valence-corrected chi connectivity index (χ0v) is 12.3. The molecule has 0 bridgehead atoms. The predicted octanol–water partition coefficient (Wildman–Crippen LogP) is 3.83. The third-order valence-electron chi connectivity index (χ3n) is 3.85. The molecule has 1 atom stereocenters. The van der Waals surface area contributed by atoms with Crippen LogP contribution in [-0.4, -0.2) is 6.61 Å². The maximum Gasteiger partial charge on any atom is 0.125 e. The Hall–Kier alpha value is -1.51. The molecule has 3 rings (SSSR count). The van der Waals surface area contributed by atoms with Gasteiger partial charge in [0.15, 0.2) is 0 Å². The number of hydrogen-bond acceptors (Lipinski definition) is 2. The molecule has 2 N–H and O–H groups in total. The second-order valence-corrected chi connectivity index (χ2v) is 5.76. The van der Waals surface area contributed by atoms with Crippen molar-refractivity contribution in [3.8, 4) is 5.75 Å². The van der Waals surface area contributed by atoms with E-state index in [9.17, 15) is 0 Å². The van der Waals surface area contributed by atoms with Gasteiger partial charge in [-0.15, -0.1) is 0 Å². The molecule has 0 saturated carbocycles. The van der Waals surface area contributed by atoms with Gasteiger partial charge in [0, 0.05) is 17.5 Å². The van der Waals surface area contributed by atoms with Crippen molar-refractivity contribution >= 4 is 11.6 Å². The summed E-state index contributed by atoms with van der Waals surface area (Å²) >= 11 is 6.19. The van der Waals surface area contributed by atoms with Gasteiger partial charge in [-0.05, 0) is 47.7 Å². The molecule has 1 aliphatic rings. The molecule has 2 aromatic rings. The van der Waals surface area contributed by atoms with Crippen LogP contribution in [0.4, 0.5) is 0 Å². The monoisotopic (exact) mass is 287 g/mol. The van der Waals surface area contributed by atoms with Crippen molar-refractivity contribution in [3.05, 3.63) is 63.7 Å². The average molecular weight is 288 g/mol. The highest BCUT2D eigenvalue weighted by atomic mass is 35.5. The smallest absolute Gasteiger partial charge is 0.125 e. The molecule has 0 spiro atoms. The van der Waals surface area contributed by atoms with Crippen LogP contribution in [0.15, 0.2) is 36.4 Å². The number of ether oxygens (including phenoxy) is 1. The lowest BCUT2D eigenvalue weighted by Crippen LogP contribution is -2.15. The first-order valence-electron chi connectivity index (χ1n) is 6.90. The predicted molar refractivity (Wildman–Crippen MR) is 82.5 cm³/mol. The number of rotatable bonds is 3. The minimum absolute atomic E-state index is 0.0389. The average Bonchev–Trinajstić information content (AvgIpc) is 2.87. The Labute approximate surface area is 124 Å². The summed E-state index contributed by atoms with van der Waals surface area (Å²) in [5.41, 5.74) is 11.1. The number of hydrogen-bond donors (Lipinski definition) is 1. The highest BCUT2D eigenvalue weighted by Gasteiger charge is 2.20. The van der Waals surface area contributed by atoms with Crippen LogP contribution >= 0.6 is 11.6 Å². The SMILES string of the molecule is Cc1ccccc1C(N)Cc1cc(Cl)cc2c1OCC2. The van der Waals surface area contributed by atoms with Crippen molar-refractivity contribution in [2.24, 2.45) is 5.73 Å². The Morgan fingerprint density at radius 2 is 2.10 bits per heavy atom. The lowest BCUT2D eigenvalue weighted by atomic mass is 9.95. The summed E-state index contributed by atoms with van der Waals surface area (Å²) in [5.74, 6) is 0.985. The Morgan fingerprint density at radius 1 is 1.30 bits per heavy atom. The van der Waals surface area contributed by atoms with Gasteiger partial charge in [-0.2, -0.15) is 0 Å². The molecule has 0 aliphatic carbocycles. The van der Waals surface area contributed by atoms with E-state index in [4.69, 9.17) is 22.1 Å². The molecule has 0 saturated heterocycles. The highest BCUT2D eigenvalue weighted by molar-refractivity contribution is 6.30. The van der Waals surface area contributed by atoms with E-state index in [-0.39, 0.29) is 6.04 Å². The number of benzene rings is 2. The van der Waals surface area contributed by atoms with Crippen molar-refractivity contribution in [1.82, 2.24) is 0 Å². The minimum atomic E-state index is -0.0389. The summed E-state index contributed by atoms with van der Waals surface area (Å²) < 4.78 is 5.74. The standard InChI is InChI=1S/C17H18ClNO/c1-11-4-2-3-5-15(11)16(19)10-13-9-14(18)8-12-6-7-20-17(12)13/h2-5,8-9,16H,6-7,10,19H2,1H3. The number of aryl methyl sites for hydroxylation is 1. The van der Waals surface area contributed by atoms with Crippen LogP contribution in [0.5, 0.6) is 5.75 Å². The molecule has 1 aliphatic heterocycles. The van der Waals surface area contributed by atoms with Crippen LogP contribution in [0, 0.1) is 6.92 Å². The van der Waals surface area contributed by atoms with Crippen LogP contribution in [0.25, 0.3) is 0 Å². The summed E-state index contributed by atoms with van der Waals surface area (Å²) in [6.45, 7) is 2.83. The van der Waals surface area contributed by atoms with Gasteiger partial charge in [-0.1, -0.05) is 35.9 Å². The van der Waals surface area contributed by atoms with Gasteiger partial charge in [0.25, 0.3) is 0 Å². The van der Waals surface area contributed by atoms with Crippen LogP contribution < -0.4 is 10.5 Å². The Balaban J connectivity index is 1.90. The van der Waals surface area contributed by atoms with Gasteiger partial charge >= 0.3 is 0 Å². The van der Waals surface area contributed by atoms with E-state index < -0.39 is 0 Å². The van der Waals surface area contributed by atoms with E-state index in [1.54, 1.807) is 0 Å². The molecule has 0 aromatic heterocycles. The molecule has 2 nitrogen and oxygen atoms in total. The van der Waals surface area contributed by atoms with Gasteiger partial charge in [-0.25, -0.2) is 0 Å². The van der Waals surface area contributed by atoms with E-state index in [1.165, 1.54) is 16.7 Å². The zero-order valence-electron chi connectivity index (χ0n) is 11.5. The number of halogens is 1. The van der Waals surface area contributed by atoms with E-state index in [0.717, 1.165) is 35.8 Å². The Kier molecular flexibility index (Phi) is 3.68. The van der Waals surface area contributed by atoms with Crippen molar-refractivity contribution < 1.29 is 4.74 Å². The first-order chi connectivity index (χ1) is 9.65. The fourth-order valence-electron chi connectivity index (χ4n) is 2.85. The van der Waals surface area contributed by atoms with Crippen LogP contribution in [0.2, 0.25) is 5.02 Å². The van der Waals surface area contributed by atoms with Crippen molar-refractivity contribution in [3.63, 3.8) is 0 Å². The minimum Gasteiger partial charge on any atom is -0.493 e. The van der Waals surface area contributed by atoms with E-state index >= 15 is 0 Å². The van der Waals surface area contributed by atoms with Crippen LogP contribution in [0.1, 0.15) is 28.3 Å². The summed E-state index contributed by atoms with van der Waals surface area (Å²) in [6, 6.07) is 12.2. The lowest BCUT2D eigenvalue weighted by Gasteiger charge is -2.17. The van der Waals surface area contributed by atoms with Crippen LogP contribution in [0.3, 0.4) is 0 Å². The molecule has 3 heteroatoms. The molecule has 0 radical (unpaired) electrons. The second kappa shape index (κ2) is 5.47. The maximum atomic E-state index is 6.37. The first kappa shape index (κ1) is 13.5. The quantitative estimate of drug-likeness (QED) is 0.931. The van der Waals surface area contributed by atoms with Crippen molar-refractivity contribution in [2.45, 2.75) is 25.8 Å². The van der Waals surface area contributed by atoms with Gasteiger partial charge in [0.1, 0.15) is 5.75 Å². The van der Waals surface area contributed by atoms with E-state index in [1.807, 2.05) is 24.3 Å². The van der Waals surface area contributed by atoms with E-state index in [2.05, 4.69) is 19.1 Å². The zero-order chi connectivity index (χ0) is 14.1. The summed E-state index contributed by atoms with van der Waals surface area (Å²) in [5, 5.41) is 0.765. The lowest BCUT2D eigenvalue weighted by molar-refractivity contribution is 0.352. The number of fused-ring (bicyclic) bond motifs is 1. The topological polar surface area (TPSA) is 35.2 Å². The molecule has 1 heterocycles. The summed E-state index contributed by atoms with van der Waals surface area (Å²) in [4.78, 5) is 0. The largest absolute Gasteiger partial charge is 0.493 e. The van der Waals surface area contributed by atoms with Gasteiger partial charge < -0.3 is 10.5 Å². The molecule has 2 aromatic carbocycles.